The lowest BCUT2D eigenvalue weighted by Gasteiger charge is -2.39. The number of sulfonamides is 1. The number of carbonyl (C=O) groups excluding carboxylic acids is 5. The summed E-state index contributed by atoms with van der Waals surface area (Å²) in [5.41, 5.74) is 4.64. The molecule has 13 nitrogen and oxygen atoms in total. The van der Waals surface area contributed by atoms with Crippen molar-refractivity contribution >= 4 is 39.6 Å². The van der Waals surface area contributed by atoms with Gasteiger partial charge in [-0.3, -0.25) is 19.2 Å². The molecule has 0 aromatic heterocycles. The zero-order valence-corrected chi connectivity index (χ0v) is 30.5. The Kier molecular flexibility index (Phi) is 11.9. The third-order valence-electron chi connectivity index (χ3n) is 11.3. The average Bonchev–Trinajstić information content (AvgIpc) is 3.32. The smallest absolute Gasteiger partial charge is 0.315 e. The number of likely N-dealkylation sites (tertiary alicyclic amines) is 1. The number of hydrogen-bond acceptors (Lipinski definition) is 7. The summed E-state index contributed by atoms with van der Waals surface area (Å²) in [5, 5.41) is 8.75. The van der Waals surface area contributed by atoms with Crippen molar-refractivity contribution in [1.82, 2.24) is 25.2 Å². The number of urea groups is 1. The number of ketones is 1. The summed E-state index contributed by atoms with van der Waals surface area (Å²) in [7, 11) is -3.41. The number of Topliss-reactive ketones (excluding diaryl/α,β-unsaturated/α-hetero) is 1. The molecule has 272 valence electrons. The maximum absolute atomic E-state index is 14.5. The van der Waals surface area contributed by atoms with Crippen molar-refractivity contribution in [2.75, 3.05) is 25.4 Å². The zero-order chi connectivity index (χ0) is 35.6. The Bertz CT molecular complexity index is 1340. The van der Waals surface area contributed by atoms with Crippen LogP contribution in [0.2, 0.25) is 0 Å². The number of nitrogens with two attached hydrogens (primary N) is 1. The van der Waals surface area contributed by atoms with E-state index >= 15 is 0 Å². The molecule has 6 atom stereocenters. The van der Waals surface area contributed by atoms with E-state index in [1.54, 1.807) is 4.90 Å². The summed E-state index contributed by atoms with van der Waals surface area (Å²) in [6.07, 6.45) is 7.40. The van der Waals surface area contributed by atoms with E-state index in [-0.39, 0.29) is 47.8 Å². The minimum absolute atomic E-state index is 0.0794. The molecule has 2 saturated heterocycles. The number of carbonyl (C=O) groups is 5. The van der Waals surface area contributed by atoms with E-state index in [0.29, 0.717) is 25.9 Å². The van der Waals surface area contributed by atoms with Gasteiger partial charge in [-0.1, -0.05) is 73.6 Å². The maximum atomic E-state index is 14.5. The van der Waals surface area contributed by atoms with Gasteiger partial charge in [-0.15, -0.1) is 0 Å². The molecule has 4 rings (SSSR count). The number of amides is 5. The molecule has 0 aromatic rings. The average molecular weight is 695 g/mol. The first-order chi connectivity index (χ1) is 22.4. The highest BCUT2D eigenvalue weighted by molar-refractivity contribution is 7.89. The molecule has 2 aliphatic carbocycles. The summed E-state index contributed by atoms with van der Waals surface area (Å²) in [6.45, 7) is 12.8. The van der Waals surface area contributed by atoms with Crippen molar-refractivity contribution in [3.8, 4) is 0 Å². The molecule has 2 heterocycles. The number of nitrogens with zero attached hydrogens (tertiary/aromatic N) is 2. The second kappa shape index (κ2) is 15.0. The van der Waals surface area contributed by atoms with Gasteiger partial charge in [-0.2, -0.15) is 4.31 Å². The molecule has 2 aliphatic heterocycles. The standard InChI is InChI=1S/C34H58N6O7S/c1-7-8-16-23(28(41)29(35)42)36-30(43)27-25-22(34(25,5)6)19-40(27)31(44)26(21-14-10-9-11-15-21)38-32(45)37-24(33(2,3)4)20-39-17-12-13-18-48(39,46)47/h21-27H,7-20H2,1-6H3,(H2,35,42)(H,36,43)(H2,37,38,45)/t22-,23?,24+,25-,26-,27?/m0/s1. The first-order valence-electron chi connectivity index (χ1n) is 17.9. The Morgan fingerprint density at radius 1 is 0.958 bits per heavy atom. The van der Waals surface area contributed by atoms with Crippen molar-refractivity contribution in [1.29, 1.82) is 0 Å². The van der Waals surface area contributed by atoms with Crippen LogP contribution in [0.5, 0.6) is 0 Å². The Morgan fingerprint density at radius 3 is 2.21 bits per heavy atom. The molecule has 2 saturated carbocycles. The monoisotopic (exact) mass is 694 g/mol. The lowest BCUT2D eigenvalue weighted by Crippen LogP contribution is -2.62. The van der Waals surface area contributed by atoms with Crippen molar-refractivity contribution in [3.63, 3.8) is 0 Å². The molecule has 5 amide bonds. The fourth-order valence-electron chi connectivity index (χ4n) is 8.07. The first-order valence-corrected chi connectivity index (χ1v) is 19.5. The Morgan fingerprint density at radius 2 is 1.62 bits per heavy atom. The number of piperidine rings is 1. The molecule has 48 heavy (non-hydrogen) atoms. The predicted octanol–water partition coefficient (Wildman–Crippen LogP) is 2.29. The molecule has 4 fully saturated rings. The largest absolute Gasteiger partial charge is 0.363 e. The molecule has 0 aromatic carbocycles. The fraction of sp³-hybridized carbons (Fsp3) is 0.853. The van der Waals surface area contributed by atoms with Gasteiger partial charge in [0.1, 0.15) is 12.1 Å². The molecule has 4 aliphatic rings. The highest BCUT2D eigenvalue weighted by atomic mass is 32.2. The Balaban J connectivity index is 1.56. The zero-order valence-electron chi connectivity index (χ0n) is 29.7. The van der Waals surface area contributed by atoms with Crippen LogP contribution in [0, 0.1) is 28.6 Å². The van der Waals surface area contributed by atoms with Crippen LogP contribution in [0.15, 0.2) is 0 Å². The summed E-state index contributed by atoms with van der Waals surface area (Å²) in [5.74, 6) is -2.88. The maximum Gasteiger partial charge on any atom is 0.315 e. The summed E-state index contributed by atoms with van der Waals surface area (Å²) >= 11 is 0. The van der Waals surface area contributed by atoms with E-state index in [1.807, 2.05) is 27.7 Å². The Labute approximate surface area is 286 Å². The summed E-state index contributed by atoms with van der Waals surface area (Å²) in [6, 6.07) is -3.88. The molecule has 0 bridgehead atoms. The number of primary amides is 1. The summed E-state index contributed by atoms with van der Waals surface area (Å²) in [4.78, 5) is 68.2. The van der Waals surface area contributed by atoms with E-state index in [2.05, 4.69) is 29.8 Å². The van der Waals surface area contributed by atoms with Crippen LogP contribution in [-0.4, -0.2) is 96.7 Å². The fourth-order valence-corrected chi connectivity index (χ4v) is 9.68. The van der Waals surface area contributed by atoms with Gasteiger partial charge in [0.2, 0.25) is 27.6 Å². The van der Waals surface area contributed by atoms with Crippen LogP contribution in [0.4, 0.5) is 4.79 Å². The van der Waals surface area contributed by atoms with Crippen molar-refractivity contribution in [2.45, 2.75) is 130 Å². The summed E-state index contributed by atoms with van der Waals surface area (Å²) < 4.78 is 27.0. The molecular formula is C34H58N6O7S. The van der Waals surface area contributed by atoms with Gasteiger partial charge in [0.05, 0.1) is 11.8 Å². The number of rotatable bonds is 13. The topological polar surface area (TPSA) is 188 Å². The van der Waals surface area contributed by atoms with Crippen molar-refractivity contribution < 1.29 is 32.4 Å². The first kappa shape index (κ1) is 38.1. The van der Waals surface area contributed by atoms with Crippen LogP contribution >= 0.6 is 0 Å². The van der Waals surface area contributed by atoms with E-state index in [4.69, 9.17) is 5.73 Å². The molecule has 5 N–H and O–H groups in total. The Hall–Kier alpha value is -2.74. The van der Waals surface area contributed by atoms with Crippen LogP contribution in [0.1, 0.15) is 106 Å². The molecule has 0 radical (unpaired) electrons. The van der Waals surface area contributed by atoms with Crippen molar-refractivity contribution in [3.05, 3.63) is 0 Å². The van der Waals surface area contributed by atoms with Gasteiger partial charge < -0.3 is 26.6 Å². The number of unbranched alkanes of at least 4 members (excludes halogenated alkanes) is 1. The van der Waals surface area contributed by atoms with E-state index in [9.17, 15) is 32.4 Å². The normalized spacial score (nSPS) is 27.2. The van der Waals surface area contributed by atoms with Crippen LogP contribution in [0.3, 0.4) is 0 Å². The number of hydrogen-bond donors (Lipinski definition) is 4. The third-order valence-corrected chi connectivity index (χ3v) is 13.3. The van der Waals surface area contributed by atoms with E-state index in [1.165, 1.54) is 4.31 Å². The number of fused-ring (bicyclic) bond motifs is 1. The predicted molar refractivity (Wildman–Crippen MR) is 182 cm³/mol. The highest BCUT2D eigenvalue weighted by Gasteiger charge is 2.69. The molecule has 14 heteroatoms. The highest BCUT2D eigenvalue weighted by Crippen LogP contribution is 2.65. The SMILES string of the molecule is CCCCC(NC(=O)C1[C@@H]2[C@H](CN1C(=O)[C@@H](NC(=O)N[C@H](CN1CCCCS1(=O)=O)C(C)(C)C)C1CCCCC1)C2(C)C)C(=O)C(N)=O. The lowest BCUT2D eigenvalue weighted by atomic mass is 9.83. The van der Waals surface area contributed by atoms with Gasteiger partial charge in [-0.05, 0) is 60.7 Å². The molecule has 0 spiro atoms. The van der Waals surface area contributed by atoms with Gasteiger partial charge >= 0.3 is 6.03 Å². The van der Waals surface area contributed by atoms with E-state index < -0.39 is 63.2 Å². The number of nitrogens with one attached hydrogen (secondary N) is 3. The minimum Gasteiger partial charge on any atom is -0.363 e. The second-order valence-corrected chi connectivity index (χ2v) is 18.2. The van der Waals surface area contributed by atoms with Crippen LogP contribution < -0.4 is 21.7 Å². The second-order valence-electron chi connectivity index (χ2n) is 16.1. The van der Waals surface area contributed by atoms with Crippen molar-refractivity contribution in [2.24, 2.45) is 34.3 Å². The quantitative estimate of drug-likeness (QED) is 0.213. The van der Waals surface area contributed by atoms with Crippen LogP contribution in [0.25, 0.3) is 0 Å². The lowest BCUT2D eigenvalue weighted by molar-refractivity contribution is -0.144. The van der Waals surface area contributed by atoms with Gasteiger partial charge in [0, 0.05) is 25.7 Å². The van der Waals surface area contributed by atoms with Crippen LogP contribution in [-0.2, 0) is 29.2 Å². The molecule has 2 unspecified atom stereocenters. The van der Waals surface area contributed by atoms with Gasteiger partial charge in [0.25, 0.3) is 5.91 Å². The minimum atomic E-state index is -3.41. The third kappa shape index (κ3) is 8.51. The van der Waals surface area contributed by atoms with Gasteiger partial charge in [0.15, 0.2) is 0 Å². The molecular weight excluding hydrogens is 636 g/mol. The van der Waals surface area contributed by atoms with Gasteiger partial charge in [-0.25, -0.2) is 13.2 Å². The van der Waals surface area contributed by atoms with E-state index in [0.717, 1.165) is 44.9 Å².